The summed E-state index contributed by atoms with van der Waals surface area (Å²) >= 11 is 0. The van der Waals surface area contributed by atoms with Crippen molar-refractivity contribution in [2.24, 2.45) is 0 Å². The normalized spacial score (nSPS) is 12.6. The summed E-state index contributed by atoms with van der Waals surface area (Å²) in [5, 5.41) is 29.6. The van der Waals surface area contributed by atoms with Crippen molar-refractivity contribution in [3.63, 3.8) is 0 Å². The Labute approximate surface area is 129 Å². The molecule has 0 heterocycles. The average Bonchev–Trinajstić information content (AvgIpc) is 2.51. The van der Waals surface area contributed by atoms with Gasteiger partial charge in [0.1, 0.15) is 22.8 Å². The summed E-state index contributed by atoms with van der Waals surface area (Å²) in [6, 6.07) is 4.53. The maximum Gasteiger partial charge on any atom is 0.345 e. The van der Waals surface area contributed by atoms with Gasteiger partial charge in [-0.25, -0.2) is 4.79 Å². The highest BCUT2D eigenvalue weighted by atomic mass is 16.5. The third-order valence-electron chi connectivity index (χ3n) is 3.63. The van der Waals surface area contributed by atoms with E-state index in [2.05, 4.69) is 4.74 Å². The number of methoxy groups -OCH3 is 1. The van der Waals surface area contributed by atoms with Crippen LogP contribution in [0.5, 0.6) is 17.2 Å². The molecular weight excluding hydrogens is 304 g/mol. The van der Waals surface area contributed by atoms with E-state index in [0.29, 0.717) is 0 Å². The van der Waals surface area contributed by atoms with Crippen LogP contribution in [-0.4, -0.2) is 40.0 Å². The van der Waals surface area contributed by atoms with Gasteiger partial charge in [0.2, 0.25) is 0 Å². The number of fused-ring (bicyclic) bond motifs is 2. The molecule has 0 fully saturated rings. The molecule has 23 heavy (non-hydrogen) atoms. The highest BCUT2D eigenvalue weighted by Gasteiger charge is 2.36. The first kappa shape index (κ1) is 14.6. The van der Waals surface area contributed by atoms with Gasteiger partial charge in [-0.15, -0.1) is 0 Å². The van der Waals surface area contributed by atoms with Crippen LogP contribution in [0.1, 0.15) is 42.2 Å². The Balaban J connectivity index is 2.34. The van der Waals surface area contributed by atoms with Gasteiger partial charge in [0.15, 0.2) is 11.6 Å². The third kappa shape index (κ3) is 1.94. The number of rotatable bonds is 1. The van der Waals surface area contributed by atoms with E-state index in [9.17, 15) is 29.7 Å². The average molecular weight is 314 g/mol. The molecule has 116 valence electrons. The number of benzene rings is 2. The number of ether oxygens (including phenoxy) is 1. The van der Waals surface area contributed by atoms with Crippen molar-refractivity contribution in [2.75, 3.05) is 7.11 Å². The molecule has 0 saturated heterocycles. The molecule has 0 saturated carbocycles. The molecule has 3 rings (SSSR count). The van der Waals surface area contributed by atoms with Gasteiger partial charge < -0.3 is 20.1 Å². The fourth-order valence-electron chi connectivity index (χ4n) is 2.57. The molecule has 7 nitrogen and oxygen atoms in total. The van der Waals surface area contributed by atoms with Crippen molar-refractivity contribution in [3.05, 3.63) is 52.1 Å². The predicted octanol–water partition coefficient (Wildman–Crippen LogP) is 1.37. The van der Waals surface area contributed by atoms with E-state index in [1.165, 1.54) is 12.1 Å². The molecule has 0 bridgehead atoms. The van der Waals surface area contributed by atoms with Gasteiger partial charge in [-0.05, 0) is 24.3 Å². The molecule has 0 aromatic heterocycles. The zero-order chi connectivity index (χ0) is 16.9. The van der Waals surface area contributed by atoms with Crippen molar-refractivity contribution in [1.29, 1.82) is 0 Å². The monoisotopic (exact) mass is 314 g/mol. The minimum absolute atomic E-state index is 0.0166. The van der Waals surface area contributed by atoms with Crippen LogP contribution in [0.3, 0.4) is 0 Å². The van der Waals surface area contributed by atoms with Gasteiger partial charge in [-0.1, -0.05) is 0 Å². The fraction of sp³-hybridized carbons (Fsp3) is 0.0625. The van der Waals surface area contributed by atoms with E-state index in [4.69, 9.17) is 0 Å². The van der Waals surface area contributed by atoms with E-state index >= 15 is 0 Å². The number of ketones is 2. The Bertz CT molecular complexity index is 896. The third-order valence-corrected chi connectivity index (χ3v) is 3.63. The Morgan fingerprint density at radius 3 is 2.30 bits per heavy atom. The predicted molar refractivity (Wildman–Crippen MR) is 76.1 cm³/mol. The lowest BCUT2D eigenvalue weighted by Crippen LogP contribution is -2.22. The van der Waals surface area contributed by atoms with E-state index in [-0.39, 0.29) is 28.0 Å². The summed E-state index contributed by atoms with van der Waals surface area (Å²) in [6.07, 6.45) is 0. The Morgan fingerprint density at radius 1 is 0.957 bits per heavy atom. The van der Waals surface area contributed by atoms with Crippen LogP contribution in [0.4, 0.5) is 0 Å². The highest BCUT2D eigenvalue weighted by Crippen LogP contribution is 2.40. The Kier molecular flexibility index (Phi) is 3.07. The molecule has 7 heteroatoms. The largest absolute Gasteiger partial charge is 0.508 e. The lowest BCUT2D eigenvalue weighted by Gasteiger charge is -2.20. The van der Waals surface area contributed by atoms with E-state index in [0.717, 1.165) is 19.2 Å². The number of carbonyl (C=O) groups is 3. The molecule has 3 N–H and O–H groups in total. The molecule has 2 aromatic carbocycles. The number of phenols is 3. The van der Waals surface area contributed by atoms with Crippen LogP contribution >= 0.6 is 0 Å². The van der Waals surface area contributed by atoms with E-state index in [1.807, 2.05) is 0 Å². The second-order valence-corrected chi connectivity index (χ2v) is 4.92. The molecule has 1 aliphatic rings. The molecule has 1 aliphatic carbocycles. The number of phenolic OH excluding ortho intramolecular Hbond substituents is 3. The lowest BCUT2D eigenvalue weighted by atomic mass is 9.82. The van der Waals surface area contributed by atoms with Gasteiger partial charge in [0, 0.05) is 16.7 Å². The zero-order valence-electron chi connectivity index (χ0n) is 11.8. The maximum absolute atomic E-state index is 12.5. The van der Waals surface area contributed by atoms with Crippen LogP contribution in [0.25, 0.3) is 0 Å². The maximum atomic E-state index is 12.5. The first-order valence-corrected chi connectivity index (χ1v) is 6.46. The van der Waals surface area contributed by atoms with Crippen molar-refractivity contribution >= 4 is 17.5 Å². The van der Waals surface area contributed by atoms with Gasteiger partial charge >= 0.3 is 5.97 Å². The second-order valence-electron chi connectivity index (χ2n) is 4.92. The Morgan fingerprint density at radius 2 is 1.65 bits per heavy atom. The molecule has 0 spiro atoms. The minimum Gasteiger partial charge on any atom is -0.508 e. The van der Waals surface area contributed by atoms with Crippen LogP contribution in [0.2, 0.25) is 0 Å². The molecule has 0 unspecified atom stereocenters. The van der Waals surface area contributed by atoms with Gasteiger partial charge in [-0.3, -0.25) is 9.59 Å². The Hall–Kier alpha value is -3.35. The van der Waals surface area contributed by atoms with Gasteiger partial charge in [-0.2, -0.15) is 0 Å². The van der Waals surface area contributed by atoms with Crippen molar-refractivity contribution in [2.45, 2.75) is 0 Å². The first-order valence-electron chi connectivity index (χ1n) is 6.46. The number of carbonyl (C=O) groups excluding carboxylic acids is 3. The standard InChI is InChI=1S/C16H10O7/c1-23-16(22)12-10(18)5-9-11(15(12)21)14(20)7-3-2-6(17)4-8(7)13(9)19/h2-5,17-18,21H,1H3. The molecule has 0 amide bonds. The minimum atomic E-state index is -1.04. The molecule has 2 aromatic rings. The van der Waals surface area contributed by atoms with Crippen molar-refractivity contribution < 1.29 is 34.4 Å². The van der Waals surface area contributed by atoms with E-state index < -0.39 is 34.6 Å². The summed E-state index contributed by atoms with van der Waals surface area (Å²) < 4.78 is 4.45. The summed E-state index contributed by atoms with van der Waals surface area (Å²) in [6.45, 7) is 0. The summed E-state index contributed by atoms with van der Waals surface area (Å²) in [5.74, 6) is -4.10. The molecule has 0 atom stereocenters. The number of aromatic hydroxyl groups is 3. The smallest absolute Gasteiger partial charge is 0.345 e. The first-order chi connectivity index (χ1) is 10.9. The lowest BCUT2D eigenvalue weighted by molar-refractivity contribution is 0.0593. The molecule has 0 aliphatic heterocycles. The van der Waals surface area contributed by atoms with Gasteiger partial charge in [0.25, 0.3) is 0 Å². The molecular formula is C16H10O7. The SMILES string of the molecule is COC(=O)c1c(O)cc2c(c1O)C(=O)c1ccc(O)cc1C2=O. The highest BCUT2D eigenvalue weighted by molar-refractivity contribution is 6.30. The van der Waals surface area contributed by atoms with Crippen LogP contribution in [0.15, 0.2) is 24.3 Å². The van der Waals surface area contributed by atoms with Crippen molar-refractivity contribution in [1.82, 2.24) is 0 Å². The van der Waals surface area contributed by atoms with Crippen molar-refractivity contribution in [3.8, 4) is 17.2 Å². The quantitative estimate of drug-likeness (QED) is 0.580. The summed E-state index contributed by atoms with van der Waals surface area (Å²) in [7, 11) is 1.05. The zero-order valence-corrected chi connectivity index (χ0v) is 11.8. The number of hydrogen-bond acceptors (Lipinski definition) is 7. The summed E-state index contributed by atoms with van der Waals surface area (Å²) in [4.78, 5) is 36.6. The number of esters is 1. The summed E-state index contributed by atoms with van der Waals surface area (Å²) in [5.41, 5.74) is -1.29. The second kappa shape index (κ2) is 4.84. The van der Waals surface area contributed by atoms with Crippen LogP contribution < -0.4 is 0 Å². The molecule has 0 radical (unpaired) electrons. The van der Waals surface area contributed by atoms with Crippen LogP contribution in [0, 0.1) is 0 Å². The number of hydrogen-bond donors (Lipinski definition) is 3. The topological polar surface area (TPSA) is 121 Å². The van der Waals surface area contributed by atoms with Crippen LogP contribution in [-0.2, 0) is 4.74 Å². The van der Waals surface area contributed by atoms with Gasteiger partial charge in [0.05, 0.1) is 12.7 Å². The fourth-order valence-corrected chi connectivity index (χ4v) is 2.57. The van der Waals surface area contributed by atoms with E-state index in [1.54, 1.807) is 0 Å².